The van der Waals surface area contributed by atoms with Crippen LogP contribution in [-0.2, 0) is 35.1 Å². The van der Waals surface area contributed by atoms with Crippen molar-refractivity contribution in [2.75, 3.05) is 13.2 Å². The third-order valence-electron chi connectivity index (χ3n) is 6.11. The van der Waals surface area contributed by atoms with Crippen molar-refractivity contribution >= 4 is 40.8 Å². The highest BCUT2D eigenvalue weighted by Gasteiger charge is 2.45. The van der Waals surface area contributed by atoms with Gasteiger partial charge in [0.2, 0.25) is 11.8 Å². The molecule has 2 rings (SSSR count). The summed E-state index contributed by atoms with van der Waals surface area (Å²) in [5, 5.41) is 4.92. The van der Waals surface area contributed by atoms with Crippen LogP contribution < -0.4 is 15.4 Å². The van der Waals surface area contributed by atoms with Gasteiger partial charge in [0, 0.05) is 13.3 Å². The molecule has 1 aliphatic carbocycles. The fourth-order valence-corrected chi connectivity index (χ4v) is 5.07. The molecular formula is C27H38N2O8S. The lowest BCUT2D eigenvalue weighted by atomic mass is 9.94. The molecule has 0 aliphatic heterocycles. The first-order valence-electron chi connectivity index (χ1n) is 12.9. The zero-order valence-corrected chi connectivity index (χ0v) is 23.5. The minimum absolute atomic E-state index is 0.117. The monoisotopic (exact) mass is 550 g/mol. The van der Waals surface area contributed by atoms with Gasteiger partial charge in [0.25, 0.3) is 0 Å². The number of hydrogen-bond acceptors (Lipinski definition) is 9. The number of amides is 2. The molecule has 2 amide bonds. The molecule has 2 N–H and O–H groups in total. The Kier molecular flexibility index (Phi) is 12.1. The summed E-state index contributed by atoms with van der Waals surface area (Å²) >= 11 is 0.948. The van der Waals surface area contributed by atoms with Crippen LogP contribution in [0, 0.1) is 5.92 Å². The third kappa shape index (κ3) is 9.04. The van der Waals surface area contributed by atoms with E-state index in [-0.39, 0.29) is 42.3 Å². The molecule has 210 valence electrons. The summed E-state index contributed by atoms with van der Waals surface area (Å²) in [6, 6.07) is 5.47. The van der Waals surface area contributed by atoms with Gasteiger partial charge in [-0.2, -0.15) is 0 Å². The summed E-state index contributed by atoms with van der Waals surface area (Å²) in [6.07, 6.45) is 1.65. The normalized spacial score (nSPS) is 15.7. The summed E-state index contributed by atoms with van der Waals surface area (Å²) in [4.78, 5) is 62.7. The van der Waals surface area contributed by atoms with E-state index in [9.17, 15) is 24.0 Å². The van der Waals surface area contributed by atoms with Gasteiger partial charge < -0.3 is 24.8 Å². The summed E-state index contributed by atoms with van der Waals surface area (Å²) in [5.74, 6) is -1.27. The van der Waals surface area contributed by atoms with E-state index in [0.29, 0.717) is 18.4 Å². The number of rotatable bonds is 12. The van der Waals surface area contributed by atoms with Crippen LogP contribution in [0.2, 0.25) is 0 Å². The molecule has 0 radical (unpaired) electrons. The zero-order chi connectivity index (χ0) is 28.3. The summed E-state index contributed by atoms with van der Waals surface area (Å²) in [6.45, 7) is 8.78. The van der Waals surface area contributed by atoms with Crippen molar-refractivity contribution < 1.29 is 38.2 Å². The Hall–Kier alpha value is -3.08. The SMILES string of the molecule is CCOC(=O)Oc1ccc(C[C@H](NC(=O)C2(NC(=O)[C@H](SC(C)=O)C(C)C)CCCC2)C(=O)OCC)cc1. The van der Waals surface area contributed by atoms with E-state index >= 15 is 0 Å². The Morgan fingerprint density at radius 3 is 2.11 bits per heavy atom. The molecular weight excluding hydrogens is 512 g/mol. The first-order chi connectivity index (χ1) is 18.0. The van der Waals surface area contributed by atoms with Crippen molar-refractivity contribution in [3.8, 4) is 5.75 Å². The first kappa shape index (κ1) is 31.1. The van der Waals surface area contributed by atoms with Crippen molar-refractivity contribution in [3.63, 3.8) is 0 Å². The molecule has 0 unspecified atom stereocenters. The molecule has 0 saturated heterocycles. The maximum Gasteiger partial charge on any atom is 0.513 e. The van der Waals surface area contributed by atoms with Crippen LogP contribution in [0.25, 0.3) is 0 Å². The predicted molar refractivity (Wildman–Crippen MR) is 143 cm³/mol. The fraction of sp³-hybridized carbons (Fsp3) is 0.593. The molecule has 0 spiro atoms. The highest BCUT2D eigenvalue weighted by Crippen LogP contribution is 2.32. The molecule has 2 atom stereocenters. The van der Waals surface area contributed by atoms with Crippen molar-refractivity contribution in [1.82, 2.24) is 10.6 Å². The maximum absolute atomic E-state index is 13.6. The molecule has 11 heteroatoms. The fourth-order valence-electron chi connectivity index (χ4n) is 4.27. The third-order valence-corrected chi connectivity index (χ3v) is 7.46. The lowest BCUT2D eigenvalue weighted by Crippen LogP contribution is -2.61. The van der Waals surface area contributed by atoms with Gasteiger partial charge in [-0.25, -0.2) is 9.59 Å². The maximum atomic E-state index is 13.6. The molecule has 1 aromatic rings. The summed E-state index contributed by atoms with van der Waals surface area (Å²) < 4.78 is 15.0. The number of nitrogens with one attached hydrogen (secondary N) is 2. The second kappa shape index (κ2) is 14.8. The second-order valence-corrected chi connectivity index (χ2v) is 10.8. The van der Waals surface area contributed by atoms with E-state index in [1.807, 2.05) is 13.8 Å². The number of hydrogen-bond donors (Lipinski definition) is 2. The van der Waals surface area contributed by atoms with E-state index in [2.05, 4.69) is 10.6 Å². The number of carbonyl (C=O) groups excluding carboxylic acids is 5. The molecule has 0 aromatic heterocycles. The topological polar surface area (TPSA) is 137 Å². The van der Waals surface area contributed by atoms with E-state index in [4.69, 9.17) is 14.2 Å². The van der Waals surface area contributed by atoms with Crippen LogP contribution in [0.5, 0.6) is 5.75 Å². The number of ether oxygens (including phenoxy) is 3. The zero-order valence-electron chi connectivity index (χ0n) is 22.7. The smallest absolute Gasteiger partial charge is 0.464 e. The van der Waals surface area contributed by atoms with Crippen molar-refractivity contribution in [3.05, 3.63) is 29.8 Å². The predicted octanol–water partition coefficient (Wildman–Crippen LogP) is 3.55. The van der Waals surface area contributed by atoms with Crippen LogP contribution in [-0.4, -0.2) is 59.1 Å². The van der Waals surface area contributed by atoms with E-state index in [1.165, 1.54) is 6.92 Å². The number of benzene rings is 1. The second-order valence-electron chi connectivity index (χ2n) is 9.46. The number of thioether (sulfide) groups is 1. The molecule has 1 aliphatic rings. The van der Waals surface area contributed by atoms with E-state index in [0.717, 1.165) is 24.6 Å². The number of carbonyl (C=O) groups is 5. The molecule has 1 saturated carbocycles. The van der Waals surface area contributed by atoms with Crippen LogP contribution >= 0.6 is 11.8 Å². The Morgan fingerprint density at radius 1 is 0.974 bits per heavy atom. The molecule has 1 aromatic carbocycles. The van der Waals surface area contributed by atoms with Gasteiger partial charge in [-0.3, -0.25) is 14.4 Å². The average Bonchev–Trinajstić information content (AvgIpc) is 3.33. The van der Waals surface area contributed by atoms with Crippen LogP contribution in [0.15, 0.2) is 24.3 Å². The van der Waals surface area contributed by atoms with E-state index < -0.39 is 34.9 Å². The van der Waals surface area contributed by atoms with Crippen LogP contribution in [0.4, 0.5) is 4.79 Å². The molecule has 0 bridgehead atoms. The lowest BCUT2D eigenvalue weighted by molar-refractivity contribution is -0.148. The van der Waals surface area contributed by atoms with Gasteiger partial charge in [0.15, 0.2) is 5.12 Å². The Bertz CT molecular complexity index is 989. The van der Waals surface area contributed by atoms with Crippen LogP contribution in [0.3, 0.4) is 0 Å². The highest BCUT2D eigenvalue weighted by molar-refractivity contribution is 8.14. The Morgan fingerprint density at radius 2 is 1.58 bits per heavy atom. The van der Waals surface area contributed by atoms with Crippen molar-refractivity contribution in [2.45, 2.75) is 83.6 Å². The van der Waals surface area contributed by atoms with Gasteiger partial charge in [0.1, 0.15) is 17.3 Å². The van der Waals surface area contributed by atoms with Gasteiger partial charge in [0.05, 0.1) is 18.5 Å². The highest BCUT2D eigenvalue weighted by atomic mass is 32.2. The molecule has 1 fully saturated rings. The van der Waals surface area contributed by atoms with Gasteiger partial charge in [-0.15, -0.1) is 0 Å². The van der Waals surface area contributed by atoms with Crippen molar-refractivity contribution in [2.24, 2.45) is 5.92 Å². The van der Waals surface area contributed by atoms with Gasteiger partial charge in [-0.1, -0.05) is 50.6 Å². The minimum atomic E-state index is -1.18. The Balaban J connectivity index is 2.19. The molecule has 38 heavy (non-hydrogen) atoms. The van der Waals surface area contributed by atoms with Gasteiger partial charge >= 0.3 is 12.1 Å². The minimum Gasteiger partial charge on any atom is -0.464 e. The summed E-state index contributed by atoms with van der Waals surface area (Å²) in [5.41, 5.74) is -0.481. The van der Waals surface area contributed by atoms with Crippen LogP contribution in [0.1, 0.15) is 65.9 Å². The average molecular weight is 551 g/mol. The summed E-state index contributed by atoms with van der Waals surface area (Å²) in [7, 11) is 0. The first-order valence-corrected chi connectivity index (χ1v) is 13.8. The quantitative estimate of drug-likeness (QED) is 0.296. The Labute approximate surface area is 227 Å². The van der Waals surface area contributed by atoms with E-state index in [1.54, 1.807) is 38.1 Å². The lowest BCUT2D eigenvalue weighted by Gasteiger charge is -2.33. The molecule has 0 heterocycles. The van der Waals surface area contributed by atoms with Crippen molar-refractivity contribution in [1.29, 1.82) is 0 Å². The number of esters is 1. The van der Waals surface area contributed by atoms with Gasteiger partial charge in [-0.05, 0) is 50.3 Å². The standard InChI is InChI=1S/C27H38N2O8S/c1-6-35-24(32)21(16-19-10-12-20(13-11-19)37-26(34)36-7-2)28-25(33)27(14-8-9-15-27)29-23(31)22(17(3)4)38-18(5)30/h10-13,17,21-22H,6-9,14-16H2,1-5H3,(H,28,33)(H,29,31)/t21-,22+/m0/s1. The molecule has 10 nitrogen and oxygen atoms in total. The largest absolute Gasteiger partial charge is 0.513 e.